The topological polar surface area (TPSA) is 26.0 Å². The SMILES string of the molecule is CC(C)c1ocnc1CCl. The predicted molar refractivity (Wildman–Crippen MR) is 40.1 cm³/mol. The third-order valence-corrected chi connectivity index (χ3v) is 1.58. The van der Waals surface area contributed by atoms with Gasteiger partial charge in [-0.3, -0.25) is 0 Å². The van der Waals surface area contributed by atoms with Crippen molar-refractivity contribution < 1.29 is 4.42 Å². The normalized spacial score (nSPS) is 10.8. The highest BCUT2D eigenvalue weighted by Gasteiger charge is 2.09. The van der Waals surface area contributed by atoms with Gasteiger partial charge in [0.15, 0.2) is 6.39 Å². The zero-order valence-electron chi connectivity index (χ0n) is 6.10. The summed E-state index contributed by atoms with van der Waals surface area (Å²) in [6, 6.07) is 0. The average Bonchev–Trinajstić information content (AvgIpc) is 2.33. The first-order chi connectivity index (χ1) is 4.75. The third kappa shape index (κ3) is 1.32. The fourth-order valence-corrected chi connectivity index (χ4v) is 1.05. The molecule has 0 aliphatic heterocycles. The van der Waals surface area contributed by atoms with Crippen LogP contribution in [0.5, 0.6) is 0 Å². The lowest BCUT2D eigenvalue weighted by Crippen LogP contribution is -1.89. The Morgan fingerprint density at radius 3 is 2.80 bits per heavy atom. The predicted octanol–water partition coefficient (Wildman–Crippen LogP) is 2.54. The van der Waals surface area contributed by atoms with E-state index in [-0.39, 0.29) is 0 Å². The zero-order chi connectivity index (χ0) is 7.56. The van der Waals surface area contributed by atoms with Crippen molar-refractivity contribution in [1.82, 2.24) is 4.98 Å². The largest absolute Gasteiger partial charge is 0.448 e. The number of oxazole rings is 1. The van der Waals surface area contributed by atoms with E-state index in [0.717, 1.165) is 11.5 Å². The van der Waals surface area contributed by atoms with Gasteiger partial charge in [-0.1, -0.05) is 13.8 Å². The van der Waals surface area contributed by atoms with Crippen LogP contribution in [0.3, 0.4) is 0 Å². The molecule has 56 valence electrons. The second-order valence-corrected chi connectivity index (χ2v) is 2.72. The van der Waals surface area contributed by atoms with Crippen LogP contribution in [0, 0.1) is 0 Å². The van der Waals surface area contributed by atoms with Crippen LogP contribution in [-0.2, 0) is 5.88 Å². The van der Waals surface area contributed by atoms with Crippen molar-refractivity contribution in [3.05, 3.63) is 17.8 Å². The van der Waals surface area contributed by atoms with Crippen molar-refractivity contribution in [2.45, 2.75) is 25.6 Å². The van der Waals surface area contributed by atoms with Gasteiger partial charge in [0.05, 0.1) is 11.6 Å². The number of hydrogen-bond donors (Lipinski definition) is 0. The van der Waals surface area contributed by atoms with E-state index < -0.39 is 0 Å². The van der Waals surface area contributed by atoms with Gasteiger partial charge in [0.25, 0.3) is 0 Å². The van der Waals surface area contributed by atoms with Crippen LogP contribution in [0.25, 0.3) is 0 Å². The summed E-state index contributed by atoms with van der Waals surface area (Å²) in [5.74, 6) is 1.70. The number of alkyl halides is 1. The second kappa shape index (κ2) is 3.06. The maximum Gasteiger partial charge on any atom is 0.181 e. The molecule has 0 aromatic carbocycles. The molecular formula is C7H10ClNO. The minimum atomic E-state index is 0.372. The number of rotatable bonds is 2. The Labute approximate surface area is 65.2 Å². The molecule has 3 heteroatoms. The molecule has 1 aromatic heterocycles. The standard InChI is InChI=1S/C7H10ClNO/c1-5(2)7-6(3-8)9-4-10-7/h4-5H,3H2,1-2H3. The third-order valence-electron chi connectivity index (χ3n) is 1.32. The molecule has 0 saturated heterocycles. The summed E-state index contributed by atoms with van der Waals surface area (Å²) >= 11 is 5.59. The Balaban J connectivity index is 2.90. The van der Waals surface area contributed by atoms with Crippen molar-refractivity contribution in [1.29, 1.82) is 0 Å². The molecule has 1 aromatic rings. The minimum absolute atomic E-state index is 0.372. The Morgan fingerprint density at radius 1 is 1.70 bits per heavy atom. The number of nitrogens with zero attached hydrogens (tertiary/aromatic N) is 1. The molecule has 2 nitrogen and oxygen atoms in total. The molecule has 0 aliphatic rings. The first kappa shape index (κ1) is 7.61. The monoisotopic (exact) mass is 159 g/mol. The number of halogens is 1. The van der Waals surface area contributed by atoms with Gasteiger partial charge in [-0.05, 0) is 0 Å². The highest BCUT2D eigenvalue weighted by atomic mass is 35.5. The van der Waals surface area contributed by atoms with Gasteiger partial charge in [-0.2, -0.15) is 0 Å². The van der Waals surface area contributed by atoms with E-state index in [4.69, 9.17) is 16.0 Å². The molecule has 0 amide bonds. The summed E-state index contributed by atoms with van der Waals surface area (Å²) in [6.07, 6.45) is 1.44. The van der Waals surface area contributed by atoms with Crippen molar-refractivity contribution in [2.75, 3.05) is 0 Å². The van der Waals surface area contributed by atoms with E-state index in [1.807, 2.05) is 0 Å². The molecule has 0 radical (unpaired) electrons. The van der Waals surface area contributed by atoms with E-state index in [1.54, 1.807) is 0 Å². The number of hydrogen-bond acceptors (Lipinski definition) is 2. The van der Waals surface area contributed by atoms with Crippen LogP contribution in [0.4, 0.5) is 0 Å². The Morgan fingerprint density at radius 2 is 2.40 bits per heavy atom. The summed E-state index contributed by atoms with van der Waals surface area (Å²) in [5.41, 5.74) is 0.858. The van der Waals surface area contributed by atoms with E-state index in [0.29, 0.717) is 11.8 Å². The van der Waals surface area contributed by atoms with Crippen LogP contribution >= 0.6 is 11.6 Å². The maximum absolute atomic E-state index is 5.59. The fraction of sp³-hybridized carbons (Fsp3) is 0.571. The lowest BCUT2D eigenvalue weighted by Gasteiger charge is -1.99. The average molecular weight is 160 g/mol. The van der Waals surface area contributed by atoms with E-state index >= 15 is 0 Å². The van der Waals surface area contributed by atoms with Gasteiger partial charge < -0.3 is 4.42 Å². The van der Waals surface area contributed by atoms with Crippen LogP contribution in [-0.4, -0.2) is 4.98 Å². The van der Waals surface area contributed by atoms with E-state index in [1.165, 1.54) is 6.39 Å². The smallest absolute Gasteiger partial charge is 0.181 e. The van der Waals surface area contributed by atoms with Gasteiger partial charge in [0.1, 0.15) is 5.76 Å². The van der Waals surface area contributed by atoms with Gasteiger partial charge >= 0.3 is 0 Å². The van der Waals surface area contributed by atoms with Crippen molar-refractivity contribution >= 4 is 11.6 Å². The molecular weight excluding hydrogens is 150 g/mol. The molecule has 1 heterocycles. The van der Waals surface area contributed by atoms with Gasteiger partial charge in [-0.25, -0.2) is 4.98 Å². The molecule has 0 N–H and O–H groups in total. The maximum atomic E-state index is 5.59. The van der Waals surface area contributed by atoms with Gasteiger partial charge in [0, 0.05) is 5.92 Å². The summed E-state index contributed by atoms with van der Waals surface area (Å²) < 4.78 is 5.12. The molecule has 10 heavy (non-hydrogen) atoms. The van der Waals surface area contributed by atoms with E-state index in [2.05, 4.69) is 18.8 Å². The first-order valence-electron chi connectivity index (χ1n) is 3.24. The highest BCUT2D eigenvalue weighted by Crippen LogP contribution is 2.18. The van der Waals surface area contributed by atoms with Crippen molar-refractivity contribution in [3.8, 4) is 0 Å². The molecule has 0 saturated carbocycles. The summed E-state index contributed by atoms with van der Waals surface area (Å²) in [7, 11) is 0. The van der Waals surface area contributed by atoms with Gasteiger partial charge in [-0.15, -0.1) is 11.6 Å². The van der Waals surface area contributed by atoms with Crippen LogP contribution < -0.4 is 0 Å². The summed E-state index contributed by atoms with van der Waals surface area (Å²) in [6.45, 7) is 4.10. The van der Waals surface area contributed by atoms with Crippen LogP contribution in [0.2, 0.25) is 0 Å². The fourth-order valence-electron chi connectivity index (χ4n) is 0.848. The molecule has 0 spiro atoms. The van der Waals surface area contributed by atoms with Crippen molar-refractivity contribution in [3.63, 3.8) is 0 Å². The lowest BCUT2D eigenvalue weighted by atomic mass is 10.1. The van der Waals surface area contributed by atoms with Crippen molar-refractivity contribution in [2.24, 2.45) is 0 Å². The first-order valence-corrected chi connectivity index (χ1v) is 3.77. The van der Waals surface area contributed by atoms with Crippen LogP contribution in [0.15, 0.2) is 10.8 Å². The molecule has 0 unspecified atom stereocenters. The molecule has 0 fully saturated rings. The van der Waals surface area contributed by atoms with Gasteiger partial charge in [0.2, 0.25) is 0 Å². The molecule has 0 atom stereocenters. The summed E-state index contributed by atoms with van der Waals surface area (Å²) in [5, 5.41) is 0. The Bertz CT molecular complexity index is 207. The molecule has 1 rings (SSSR count). The zero-order valence-corrected chi connectivity index (χ0v) is 6.85. The Hall–Kier alpha value is -0.500. The lowest BCUT2D eigenvalue weighted by molar-refractivity contribution is 0.480. The Kier molecular flexibility index (Phi) is 2.33. The highest BCUT2D eigenvalue weighted by molar-refractivity contribution is 6.16. The van der Waals surface area contributed by atoms with Crippen LogP contribution in [0.1, 0.15) is 31.2 Å². The minimum Gasteiger partial charge on any atom is -0.448 e. The molecule has 0 aliphatic carbocycles. The quantitative estimate of drug-likeness (QED) is 0.620. The summed E-state index contributed by atoms with van der Waals surface area (Å²) in [4.78, 5) is 3.96. The van der Waals surface area contributed by atoms with E-state index in [9.17, 15) is 0 Å². The number of aromatic nitrogens is 1. The second-order valence-electron chi connectivity index (χ2n) is 2.45. The molecule has 0 bridgehead atoms.